The summed E-state index contributed by atoms with van der Waals surface area (Å²) < 4.78 is 21.4. The lowest BCUT2D eigenvalue weighted by Gasteiger charge is -2.46. The van der Waals surface area contributed by atoms with Gasteiger partial charge in [0.15, 0.2) is 5.92 Å². The quantitative estimate of drug-likeness (QED) is 0.0761. The second-order valence-electron chi connectivity index (χ2n) is 18.6. The number of phenols is 1. The highest BCUT2D eigenvalue weighted by molar-refractivity contribution is 6.25. The Kier molecular flexibility index (Phi) is 14.9. The number of hydrogen-bond acceptors (Lipinski definition) is 13. The van der Waals surface area contributed by atoms with Crippen LogP contribution in [0.5, 0.6) is 5.75 Å². The Labute approximate surface area is 412 Å². The number of methoxy groups -OCH3 is 3. The van der Waals surface area contributed by atoms with Crippen LogP contribution in [0.15, 0.2) is 103 Å². The highest BCUT2D eigenvalue weighted by Gasteiger charge is 2.76. The fraction of sp³-hybridized carbons (Fsp3) is 0.400. The first kappa shape index (κ1) is 49.9. The molecule has 4 aromatic rings. The van der Waals surface area contributed by atoms with Gasteiger partial charge in [0.05, 0.1) is 45.0 Å². The minimum atomic E-state index is -2.14. The Morgan fingerprint density at radius 3 is 1.93 bits per heavy atom. The molecule has 1 spiro atoms. The number of hydrogen-bond donors (Lipinski definition) is 2. The van der Waals surface area contributed by atoms with Gasteiger partial charge in [-0.05, 0) is 71.3 Å². The van der Waals surface area contributed by atoms with Gasteiger partial charge in [0, 0.05) is 25.1 Å². The number of aromatic hydroxyl groups is 1. The zero-order valence-electron chi connectivity index (χ0n) is 40.4. The number of imide groups is 1. The number of phenolic OH excluding ortho intramolecular Hbond substituents is 1. The van der Waals surface area contributed by atoms with E-state index in [1.807, 2.05) is 65.6 Å². The highest BCUT2D eigenvalue weighted by atomic mass is 16.6. The number of esters is 4. The molecule has 4 heterocycles. The second-order valence-corrected chi connectivity index (χ2v) is 18.6. The molecule has 2 N–H and O–H groups in total. The van der Waals surface area contributed by atoms with Gasteiger partial charge in [-0.3, -0.25) is 28.9 Å². The molecule has 3 fully saturated rings. The third kappa shape index (κ3) is 9.22. The molecule has 0 aromatic heterocycles. The number of nitrogens with zero attached hydrogens (tertiary/aromatic N) is 3. The predicted octanol–water partition coefficient (Wildman–Crippen LogP) is 6.46. The number of fused-ring (bicyclic) bond motifs is 3. The first-order valence-corrected chi connectivity index (χ1v) is 24.0. The number of cyclic esters (lactones) is 1. The number of carbonyl (C=O) groups is 7. The Morgan fingerprint density at radius 1 is 0.746 bits per heavy atom. The fourth-order valence-electron chi connectivity index (χ4n) is 10.9. The summed E-state index contributed by atoms with van der Waals surface area (Å²) in [6, 6.07) is 23.8. The number of amides is 4. The van der Waals surface area contributed by atoms with E-state index in [2.05, 4.69) is 17.2 Å². The van der Waals surface area contributed by atoms with Crippen LogP contribution in [-0.4, -0.2) is 103 Å². The van der Waals surface area contributed by atoms with Crippen LogP contribution in [0, 0.1) is 29.6 Å². The molecule has 4 aliphatic heterocycles. The van der Waals surface area contributed by atoms with Crippen molar-refractivity contribution in [3.05, 3.63) is 131 Å². The second kappa shape index (κ2) is 21.2. The molecule has 3 saturated heterocycles. The summed E-state index contributed by atoms with van der Waals surface area (Å²) in [7, 11) is 3.48. The van der Waals surface area contributed by atoms with Crippen molar-refractivity contribution in [2.24, 2.45) is 17.8 Å². The molecule has 0 bridgehead atoms. The van der Waals surface area contributed by atoms with Crippen molar-refractivity contribution < 1.29 is 57.6 Å². The van der Waals surface area contributed by atoms with Crippen molar-refractivity contribution in [2.45, 2.75) is 88.1 Å². The van der Waals surface area contributed by atoms with Crippen LogP contribution in [0.2, 0.25) is 0 Å². The first-order valence-electron chi connectivity index (χ1n) is 24.0. The van der Waals surface area contributed by atoms with E-state index in [0.29, 0.717) is 42.6 Å². The van der Waals surface area contributed by atoms with Crippen molar-refractivity contribution in [1.82, 2.24) is 15.1 Å². The molecule has 8 rings (SSSR count). The van der Waals surface area contributed by atoms with E-state index in [1.54, 1.807) is 43.0 Å². The number of nitrogens with one attached hydrogen (secondary N) is 1. The molecule has 4 amide bonds. The predicted molar refractivity (Wildman–Crippen MR) is 258 cm³/mol. The molecule has 4 aliphatic rings. The summed E-state index contributed by atoms with van der Waals surface area (Å²) in [5.41, 5.74) is 0.174. The molecular formula is C55H58N4O12. The van der Waals surface area contributed by atoms with Crippen LogP contribution in [0.1, 0.15) is 98.4 Å². The minimum Gasteiger partial charge on any atom is -0.508 e. The molecule has 370 valence electrons. The first-order chi connectivity index (χ1) is 34.3. The number of benzene rings is 4. The number of anilines is 1. The van der Waals surface area contributed by atoms with Gasteiger partial charge in [-0.25, -0.2) is 14.5 Å². The summed E-state index contributed by atoms with van der Waals surface area (Å²) >= 11 is 0. The molecule has 16 heteroatoms. The van der Waals surface area contributed by atoms with E-state index in [1.165, 1.54) is 25.3 Å². The highest BCUT2D eigenvalue weighted by Crippen LogP contribution is 2.66. The summed E-state index contributed by atoms with van der Waals surface area (Å²) in [6.45, 7) is 4.12. The van der Waals surface area contributed by atoms with E-state index in [-0.39, 0.29) is 29.0 Å². The van der Waals surface area contributed by atoms with E-state index in [0.717, 1.165) is 38.4 Å². The Balaban J connectivity index is 1.45. The summed E-state index contributed by atoms with van der Waals surface area (Å²) in [5.74, 6) is -2.12. The van der Waals surface area contributed by atoms with Gasteiger partial charge in [-0.2, -0.15) is 0 Å². The number of ether oxygens (including phenoxy) is 4. The largest absolute Gasteiger partial charge is 0.508 e. The lowest BCUT2D eigenvalue weighted by atomic mass is 9.64. The third-order valence-electron chi connectivity index (χ3n) is 14.2. The molecule has 16 nitrogen and oxygen atoms in total. The molecule has 0 saturated carbocycles. The molecule has 0 radical (unpaired) electrons. The molecule has 7 unspecified atom stereocenters. The van der Waals surface area contributed by atoms with E-state index in [4.69, 9.17) is 18.9 Å². The van der Waals surface area contributed by atoms with Crippen molar-refractivity contribution in [3.8, 4) is 17.6 Å². The van der Waals surface area contributed by atoms with E-state index in [9.17, 15) is 19.5 Å². The van der Waals surface area contributed by atoms with Gasteiger partial charge in [0.25, 0.3) is 0 Å². The molecule has 7 atom stereocenters. The zero-order chi connectivity index (χ0) is 50.6. The maximum absolute atomic E-state index is 16.7. The Morgan fingerprint density at radius 2 is 1.34 bits per heavy atom. The van der Waals surface area contributed by atoms with Crippen LogP contribution >= 0.6 is 0 Å². The van der Waals surface area contributed by atoms with Crippen LogP contribution in [0.25, 0.3) is 0 Å². The van der Waals surface area contributed by atoms with Gasteiger partial charge < -0.3 is 34.3 Å². The van der Waals surface area contributed by atoms with Gasteiger partial charge in [-0.15, -0.1) is 0 Å². The van der Waals surface area contributed by atoms with Crippen molar-refractivity contribution in [2.75, 3.05) is 39.3 Å². The smallest absolute Gasteiger partial charge is 0.329 e. The number of likely N-dealkylation sites (tertiary alicyclic amines) is 1. The monoisotopic (exact) mass is 966 g/mol. The van der Waals surface area contributed by atoms with Crippen LogP contribution in [0.4, 0.5) is 10.5 Å². The average molecular weight is 967 g/mol. The summed E-state index contributed by atoms with van der Waals surface area (Å²) in [5, 5.41) is 13.5. The van der Waals surface area contributed by atoms with Gasteiger partial charge in [0.1, 0.15) is 29.4 Å². The average Bonchev–Trinajstić information content (AvgIpc) is 3.82. The summed E-state index contributed by atoms with van der Waals surface area (Å²) in [6.07, 6.45) is 2.81. The Bertz CT molecular complexity index is 2710. The third-order valence-corrected chi connectivity index (χ3v) is 14.2. The standard InChI is InChI=1S/C55H58N4O12/c1-33(2)43(51(64)70-5)56-54(67)58-41-29-24-34(18-17-23-39(49(62)68-3)50(63)69-4)32-40(41)55(53(58)66)42(48(61)57-30-15-7-6-8-16-31-57)45-52(65)71-46(36-21-13-10-14-22-36)44(35-19-11-9-12-20-35)59(45)47(55)37-25-27-38(60)28-26-37/h9-14,19-22,24-29,32-33,39,42-47,60H,6-8,15-16,23,30-31H2,1-5H3,(H,56,67). The lowest BCUT2D eigenvalue weighted by molar-refractivity contribution is -0.179. The molecule has 71 heavy (non-hydrogen) atoms. The maximum Gasteiger partial charge on any atom is 0.329 e. The molecule has 0 aliphatic carbocycles. The number of urea groups is 1. The van der Waals surface area contributed by atoms with Crippen molar-refractivity contribution >= 4 is 47.4 Å². The number of morpholine rings is 1. The SMILES string of the molecule is COC(=O)C(CC#Cc1ccc2c(c1)C1(C(=O)N2C(=O)NC(C(=O)OC)C(C)C)C(C(=O)N2CCCCCCC2)C2C(=O)OC(c3ccccc3)C(c3ccccc3)N2C1c1ccc(O)cc1)C(=O)OC. The van der Waals surface area contributed by atoms with Crippen molar-refractivity contribution in [3.63, 3.8) is 0 Å². The molecule has 4 aromatic carbocycles. The Hall–Kier alpha value is -7.51. The van der Waals surface area contributed by atoms with Crippen molar-refractivity contribution in [1.29, 1.82) is 0 Å². The minimum absolute atomic E-state index is 0.0609. The van der Waals surface area contributed by atoms with Crippen LogP contribution < -0.4 is 10.2 Å². The van der Waals surface area contributed by atoms with Crippen LogP contribution in [-0.2, 0) is 53.1 Å². The lowest BCUT2D eigenvalue weighted by Crippen LogP contribution is -2.58. The summed E-state index contributed by atoms with van der Waals surface area (Å²) in [4.78, 5) is 107. The topological polar surface area (TPSA) is 198 Å². The normalized spacial score (nSPS) is 23.3. The number of carbonyl (C=O) groups excluding carboxylic acids is 7. The fourth-order valence-corrected chi connectivity index (χ4v) is 10.9. The van der Waals surface area contributed by atoms with Gasteiger partial charge in [-0.1, -0.05) is 118 Å². The maximum atomic E-state index is 16.7. The van der Waals surface area contributed by atoms with Gasteiger partial charge >= 0.3 is 29.9 Å². The number of rotatable bonds is 10. The van der Waals surface area contributed by atoms with E-state index < -0.39 is 95.2 Å². The molecular weight excluding hydrogens is 909 g/mol. The zero-order valence-corrected chi connectivity index (χ0v) is 40.4. The van der Waals surface area contributed by atoms with E-state index >= 15 is 19.2 Å². The van der Waals surface area contributed by atoms with Gasteiger partial charge in [0.2, 0.25) is 11.8 Å². The van der Waals surface area contributed by atoms with Crippen LogP contribution in [0.3, 0.4) is 0 Å².